The summed E-state index contributed by atoms with van der Waals surface area (Å²) < 4.78 is 30.8. The van der Waals surface area contributed by atoms with Crippen LogP contribution in [-0.4, -0.2) is 42.9 Å². The van der Waals surface area contributed by atoms with E-state index in [0.29, 0.717) is 24.6 Å². The molecule has 1 fully saturated rings. The van der Waals surface area contributed by atoms with Gasteiger partial charge in [0.1, 0.15) is 18.5 Å². The lowest BCUT2D eigenvalue weighted by atomic mass is 10.2. The Hall–Kier alpha value is -2.87. The van der Waals surface area contributed by atoms with Gasteiger partial charge in [0, 0.05) is 0 Å². The first-order chi connectivity index (χ1) is 13.2. The van der Waals surface area contributed by atoms with E-state index in [9.17, 15) is 9.18 Å². The Labute approximate surface area is 158 Å². The standard InChI is InChI=1S/C19H15FN2O4S/c20-11-5-6-13-17(7-11)27-19(21-13)22-8-12(9-22)25-18(23)16-10-24-14-3-1-2-4-15(14)26-16/h1-7,12,16H,8-10H2. The lowest BCUT2D eigenvalue weighted by Crippen LogP contribution is -2.54. The third-order valence-corrected chi connectivity index (χ3v) is 5.59. The summed E-state index contributed by atoms with van der Waals surface area (Å²) in [6.07, 6.45) is -0.985. The minimum Gasteiger partial charge on any atom is -0.485 e. The van der Waals surface area contributed by atoms with Crippen molar-refractivity contribution in [2.24, 2.45) is 0 Å². The molecule has 2 aliphatic heterocycles. The van der Waals surface area contributed by atoms with E-state index in [0.717, 1.165) is 15.3 Å². The molecule has 0 radical (unpaired) electrons. The molecule has 0 bridgehead atoms. The zero-order chi connectivity index (χ0) is 18.4. The minimum atomic E-state index is -0.764. The Balaban J connectivity index is 1.18. The van der Waals surface area contributed by atoms with Gasteiger partial charge in [-0.05, 0) is 30.3 Å². The van der Waals surface area contributed by atoms with Gasteiger partial charge in [0.25, 0.3) is 0 Å². The number of para-hydroxylation sites is 2. The van der Waals surface area contributed by atoms with E-state index in [1.807, 2.05) is 17.0 Å². The molecule has 0 N–H and O–H groups in total. The zero-order valence-electron chi connectivity index (χ0n) is 14.1. The van der Waals surface area contributed by atoms with Crippen molar-refractivity contribution in [1.29, 1.82) is 0 Å². The second-order valence-electron chi connectivity index (χ2n) is 6.44. The molecule has 3 heterocycles. The molecule has 1 saturated heterocycles. The molecule has 5 rings (SSSR count). The van der Waals surface area contributed by atoms with E-state index in [1.54, 1.807) is 18.2 Å². The van der Waals surface area contributed by atoms with Gasteiger partial charge in [0.05, 0.1) is 23.3 Å². The first-order valence-electron chi connectivity index (χ1n) is 8.56. The average Bonchev–Trinajstić information content (AvgIpc) is 3.06. The predicted molar refractivity (Wildman–Crippen MR) is 98.0 cm³/mol. The van der Waals surface area contributed by atoms with Crippen LogP contribution >= 0.6 is 11.3 Å². The first-order valence-corrected chi connectivity index (χ1v) is 9.37. The Kier molecular flexibility index (Phi) is 3.86. The number of thiazole rings is 1. The van der Waals surface area contributed by atoms with Gasteiger partial charge < -0.3 is 19.1 Å². The summed E-state index contributed by atoms with van der Waals surface area (Å²) >= 11 is 1.43. The lowest BCUT2D eigenvalue weighted by Gasteiger charge is -2.38. The van der Waals surface area contributed by atoms with E-state index in [1.165, 1.54) is 23.5 Å². The summed E-state index contributed by atoms with van der Waals surface area (Å²) in [6.45, 7) is 1.24. The van der Waals surface area contributed by atoms with Gasteiger partial charge in [-0.2, -0.15) is 0 Å². The summed E-state index contributed by atoms with van der Waals surface area (Å²) in [5.74, 6) is 0.469. The number of hydrogen-bond donors (Lipinski definition) is 0. The molecule has 1 unspecified atom stereocenters. The summed E-state index contributed by atoms with van der Waals surface area (Å²) in [6, 6.07) is 11.8. The van der Waals surface area contributed by atoms with Gasteiger partial charge in [-0.3, -0.25) is 0 Å². The van der Waals surface area contributed by atoms with Gasteiger partial charge in [-0.1, -0.05) is 23.5 Å². The smallest absolute Gasteiger partial charge is 0.351 e. The molecule has 27 heavy (non-hydrogen) atoms. The van der Waals surface area contributed by atoms with Crippen molar-refractivity contribution in [3.05, 3.63) is 48.3 Å². The quantitative estimate of drug-likeness (QED) is 0.645. The normalized spacial score (nSPS) is 19.0. The van der Waals surface area contributed by atoms with Gasteiger partial charge >= 0.3 is 5.97 Å². The molecular formula is C19H15FN2O4S. The van der Waals surface area contributed by atoms with Crippen LogP contribution < -0.4 is 14.4 Å². The van der Waals surface area contributed by atoms with E-state index in [4.69, 9.17) is 14.2 Å². The van der Waals surface area contributed by atoms with Crippen molar-refractivity contribution in [2.75, 3.05) is 24.6 Å². The number of carbonyl (C=O) groups is 1. The van der Waals surface area contributed by atoms with Crippen LogP contribution in [0.25, 0.3) is 10.2 Å². The number of halogens is 1. The summed E-state index contributed by atoms with van der Waals surface area (Å²) in [7, 11) is 0. The van der Waals surface area contributed by atoms with Gasteiger partial charge in [-0.15, -0.1) is 0 Å². The predicted octanol–water partition coefficient (Wildman–Crippen LogP) is 3.01. The van der Waals surface area contributed by atoms with Crippen LogP contribution in [0.1, 0.15) is 0 Å². The van der Waals surface area contributed by atoms with Crippen LogP contribution in [0.15, 0.2) is 42.5 Å². The Bertz CT molecular complexity index is 1020. The Morgan fingerprint density at radius 1 is 1.22 bits per heavy atom. The molecule has 0 amide bonds. The molecule has 8 heteroatoms. The molecular weight excluding hydrogens is 371 g/mol. The molecule has 0 spiro atoms. The largest absolute Gasteiger partial charge is 0.485 e. The highest BCUT2D eigenvalue weighted by molar-refractivity contribution is 7.22. The lowest BCUT2D eigenvalue weighted by molar-refractivity contribution is -0.161. The number of nitrogens with zero attached hydrogens (tertiary/aromatic N) is 2. The number of esters is 1. The van der Waals surface area contributed by atoms with Gasteiger partial charge in [-0.25, -0.2) is 14.2 Å². The molecule has 1 aromatic heterocycles. The number of ether oxygens (including phenoxy) is 3. The van der Waals surface area contributed by atoms with Crippen molar-refractivity contribution in [3.8, 4) is 11.5 Å². The monoisotopic (exact) mass is 386 g/mol. The molecule has 3 aromatic rings. The molecule has 0 saturated carbocycles. The second-order valence-corrected chi connectivity index (χ2v) is 7.45. The van der Waals surface area contributed by atoms with Crippen LogP contribution in [0.4, 0.5) is 9.52 Å². The number of rotatable bonds is 3. The number of benzene rings is 2. The first kappa shape index (κ1) is 16.3. The maximum atomic E-state index is 13.3. The number of carbonyl (C=O) groups excluding carboxylic acids is 1. The summed E-state index contributed by atoms with van der Waals surface area (Å²) in [5, 5.41) is 0.800. The van der Waals surface area contributed by atoms with Crippen molar-refractivity contribution in [3.63, 3.8) is 0 Å². The van der Waals surface area contributed by atoms with Crippen LogP contribution in [0, 0.1) is 5.82 Å². The van der Waals surface area contributed by atoms with Gasteiger partial charge in [0.15, 0.2) is 16.6 Å². The summed E-state index contributed by atoms with van der Waals surface area (Å²) in [5.41, 5.74) is 0.767. The summed E-state index contributed by atoms with van der Waals surface area (Å²) in [4.78, 5) is 18.8. The molecule has 2 aliphatic rings. The average molecular weight is 386 g/mol. The van der Waals surface area contributed by atoms with Gasteiger partial charge in [0.2, 0.25) is 6.10 Å². The molecule has 0 aliphatic carbocycles. The Morgan fingerprint density at radius 2 is 2.04 bits per heavy atom. The molecule has 6 nitrogen and oxygen atoms in total. The fraction of sp³-hybridized carbons (Fsp3) is 0.263. The third-order valence-electron chi connectivity index (χ3n) is 4.51. The van der Waals surface area contributed by atoms with Crippen LogP contribution in [0.5, 0.6) is 11.5 Å². The van der Waals surface area contributed by atoms with Crippen LogP contribution in [0.3, 0.4) is 0 Å². The molecule has 138 valence electrons. The van der Waals surface area contributed by atoms with E-state index in [2.05, 4.69) is 4.98 Å². The van der Waals surface area contributed by atoms with Crippen molar-refractivity contribution in [2.45, 2.75) is 12.2 Å². The third kappa shape index (κ3) is 3.06. The fourth-order valence-corrected chi connectivity index (χ4v) is 4.07. The maximum absolute atomic E-state index is 13.3. The highest BCUT2D eigenvalue weighted by atomic mass is 32.1. The maximum Gasteiger partial charge on any atom is 0.351 e. The SMILES string of the molecule is O=C(OC1CN(c2nc3ccc(F)cc3s2)C1)C1COc2ccccc2O1. The van der Waals surface area contributed by atoms with Crippen molar-refractivity contribution >= 4 is 32.7 Å². The van der Waals surface area contributed by atoms with Crippen molar-refractivity contribution < 1.29 is 23.4 Å². The zero-order valence-corrected chi connectivity index (χ0v) is 14.9. The minimum absolute atomic E-state index is 0.135. The highest BCUT2D eigenvalue weighted by Gasteiger charge is 2.36. The van der Waals surface area contributed by atoms with Crippen LogP contribution in [0.2, 0.25) is 0 Å². The van der Waals surface area contributed by atoms with E-state index < -0.39 is 12.1 Å². The number of fused-ring (bicyclic) bond motifs is 2. The molecule has 1 atom stereocenters. The second kappa shape index (κ2) is 6.38. The topological polar surface area (TPSA) is 60.9 Å². The number of hydrogen-bond acceptors (Lipinski definition) is 7. The van der Waals surface area contributed by atoms with E-state index >= 15 is 0 Å². The van der Waals surface area contributed by atoms with E-state index in [-0.39, 0.29) is 18.5 Å². The Morgan fingerprint density at radius 3 is 2.89 bits per heavy atom. The highest BCUT2D eigenvalue weighted by Crippen LogP contribution is 2.33. The van der Waals surface area contributed by atoms with Crippen molar-refractivity contribution in [1.82, 2.24) is 4.98 Å². The van der Waals surface area contributed by atoms with Crippen LogP contribution in [-0.2, 0) is 9.53 Å². The number of anilines is 1. The fourth-order valence-electron chi connectivity index (χ4n) is 3.07. The molecule has 2 aromatic carbocycles. The number of aromatic nitrogens is 1.